The highest BCUT2D eigenvalue weighted by Crippen LogP contribution is 2.26. The maximum absolute atomic E-state index is 12.2. The van der Waals surface area contributed by atoms with Gasteiger partial charge in [0, 0.05) is 11.6 Å². The lowest BCUT2D eigenvalue weighted by Crippen LogP contribution is -2.15. The van der Waals surface area contributed by atoms with Gasteiger partial charge in [-0.2, -0.15) is 0 Å². The van der Waals surface area contributed by atoms with Crippen molar-refractivity contribution >= 4 is 38.8 Å². The molecule has 3 rings (SSSR count). The standard InChI is InChI=1S/C20H17NO7S2/c1-27-15-7-4-13(5-8-15)18(23)12-28-20(24)16-9-6-14(11-17(16)22)21-30(25,26)19-3-2-10-29-19/h2-11,21-22H,12H2,1H3. The van der Waals surface area contributed by atoms with Crippen molar-refractivity contribution in [2.24, 2.45) is 0 Å². The van der Waals surface area contributed by atoms with Crippen LogP contribution in [-0.2, 0) is 14.8 Å². The lowest BCUT2D eigenvalue weighted by molar-refractivity contribution is 0.0472. The van der Waals surface area contributed by atoms with E-state index >= 15 is 0 Å². The van der Waals surface area contributed by atoms with E-state index in [4.69, 9.17) is 9.47 Å². The largest absolute Gasteiger partial charge is 0.507 e. The number of sulfonamides is 1. The van der Waals surface area contributed by atoms with Gasteiger partial charge in [0.1, 0.15) is 21.3 Å². The topological polar surface area (TPSA) is 119 Å². The third-order valence-corrected chi connectivity index (χ3v) is 6.75. The van der Waals surface area contributed by atoms with Crippen LogP contribution in [0, 0.1) is 0 Å². The predicted molar refractivity (Wildman–Crippen MR) is 111 cm³/mol. The van der Waals surface area contributed by atoms with Crippen molar-refractivity contribution in [1.82, 2.24) is 0 Å². The smallest absolute Gasteiger partial charge is 0.342 e. The number of aromatic hydroxyl groups is 1. The molecule has 2 N–H and O–H groups in total. The summed E-state index contributed by atoms with van der Waals surface area (Å²) < 4.78 is 36.9. The number of carbonyl (C=O) groups is 2. The van der Waals surface area contributed by atoms with Crippen LogP contribution in [0.3, 0.4) is 0 Å². The molecule has 0 atom stereocenters. The second kappa shape index (κ2) is 8.97. The minimum absolute atomic E-state index is 0.0757. The quantitative estimate of drug-likeness (QED) is 0.402. The molecule has 0 radical (unpaired) electrons. The first-order chi connectivity index (χ1) is 14.3. The van der Waals surface area contributed by atoms with Gasteiger partial charge in [-0.1, -0.05) is 6.07 Å². The highest BCUT2D eigenvalue weighted by Gasteiger charge is 2.19. The lowest BCUT2D eigenvalue weighted by atomic mass is 10.1. The molecule has 156 valence electrons. The molecule has 0 aliphatic rings. The zero-order chi connectivity index (χ0) is 21.7. The number of Topliss-reactive ketones (excluding diaryl/α,β-unsaturated/α-hetero) is 1. The summed E-state index contributed by atoms with van der Waals surface area (Å²) in [7, 11) is -2.29. The molecular weight excluding hydrogens is 430 g/mol. The Labute approximate surface area is 176 Å². The molecule has 0 aliphatic heterocycles. The highest BCUT2D eigenvalue weighted by molar-refractivity contribution is 7.94. The fourth-order valence-corrected chi connectivity index (χ4v) is 4.50. The highest BCUT2D eigenvalue weighted by atomic mass is 32.2. The Bertz CT molecular complexity index is 1150. The number of methoxy groups -OCH3 is 1. The van der Waals surface area contributed by atoms with Gasteiger partial charge < -0.3 is 14.6 Å². The van der Waals surface area contributed by atoms with Gasteiger partial charge in [0.15, 0.2) is 12.4 Å². The minimum Gasteiger partial charge on any atom is -0.507 e. The average Bonchev–Trinajstić information content (AvgIpc) is 3.28. The summed E-state index contributed by atoms with van der Waals surface area (Å²) in [6.07, 6.45) is 0. The third kappa shape index (κ3) is 4.97. The minimum atomic E-state index is -3.79. The van der Waals surface area contributed by atoms with Gasteiger partial charge in [-0.15, -0.1) is 11.3 Å². The first kappa shape index (κ1) is 21.3. The predicted octanol–water partition coefficient (Wildman–Crippen LogP) is 3.30. The normalized spacial score (nSPS) is 11.0. The fourth-order valence-electron chi connectivity index (χ4n) is 2.46. The molecule has 10 heteroatoms. The number of phenolic OH excluding ortho intramolecular Hbond substituents is 1. The Hall–Kier alpha value is -3.37. The molecule has 1 aromatic heterocycles. The number of ether oxygens (including phenoxy) is 2. The van der Waals surface area contributed by atoms with Crippen molar-refractivity contribution in [3.63, 3.8) is 0 Å². The van der Waals surface area contributed by atoms with Crippen LogP contribution in [-0.4, -0.2) is 39.0 Å². The number of ketones is 1. The average molecular weight is 447 g/mol. The molecule has 1 heterocycles. The summed E-state index contributed by atoms with van der Waals surface area (Å²) in [4.78, 5) is 24.3. The Morgan fingerprint density at radius 2 is 1.83 bits per heavy atom. The van der Waals surface area contributed by atoms with E-state index in [9.17, 15) is 23.1 Å². The summed E-state index contributed by atoms with van der Waals surface area (Å²) >= 11 is 1.04. The van der Waals surface area contributed by atoms with Crippen molar-refractivity contribution < 1.29 is 32.6 Å². The zero-order valence-corrected chi connectivity index (χ0v) is 17.3. The van der Waals surface area contributed by atoms with E-state index < -0.39 is 34.1 Å². The molecular formula is C20H17NO7S2. The molecule has 0 amide bonds. The maximum Gasteiger partial charge on any atom is 0.342 e. The van der Waals surface area contributed by atoms with Gasteiger partial charge in [0.05, 0.1) is 12.8 Å². The molecule has 0 bridgehead atoms. The monoisotopic (exact) mass is 447 g/mol. The van der Waals surface area contributed by atoms with Crippen molar-refractivity contribution in [2.45, 2.75) is 4.21 Å². The summed E-state index contributed by atoms with van der Waals surface area (Å²) in [5.74, 6) is -1.24. The van der Waals surface area contributed by atoms with Crippen LogP contribution < -0.4 is 9.46 Å². The molecule has 0 aliphatic carbocycles. The van der Waals surface area contributed by atoms with Crippen LogP contribution in [0.4, 0.5) is 5.69 Å². The first-order valence-electron chi connectivity index (χ1n) is 8.54. The van der Waals surface area contributed by atoms with Crippen LogP contribution in [0.2, 0.25) is 0 Å². The number of phenols is 1. The van der Waals surface area contributed by atoms with E-state index in [2.05, 4.69) is 4.72 Å². The number of hydrogen-bond acceptors (Lipinski definition) is 8. The maximum atomic E-state index is 12.2. The van der Waals surface area contributed by atoms with Gasteiger partial charge >= 0.3 is 5.97 Å². The van der Waals surface area contributed by atoms with Gasteiger partial charge in [-0.25, -0.2) is 13.2 Å². The number of esters is 1. The molecule has 0 fully saturated rings. The van der Waals surface area contributed by atoms with E-state index in [1.165, 1.54) is 25.3 Å². The molecule has 8 nitrogen and oxygen atoms in total. The SMILES string of the molecule is COc1ccc(C(=O)COC(=O)c2ccc(NS(=O)(=O)c3cccs3)cc2O)cc1. The number of thiophene rings is 1. The number of rotatable bonds is 8. The number of hydrogen-bond donors (Lipinski definition) is 2. The van der Waals surface area contributed by atoms with E-state index in [0.29, 0.717) is 11.3 Å². The molecule has 30 heavy (non-hydrogen) atoms. The fraction of sp³-hybridized carbons (Fsp3) is 0.100. The first-order valence-corrected chi connectivity index (χ1v) is 10.9. The van der Waals surface area contributed by atoms with Crippen LogP contribution >= 0.6 is 11.3 Å². The van der Waals surface area contributed by atoms with Gasteiger partial charge in [0.2, 0.25) is 0 Å². The van der Waals surface area contributed by atoms with Crippen LogP contribution in [0.25, 0.3) is 0 Å². The third-order valence-electron chi connectivity index (χ3n) is 3.98. The lowest BCUT2D eigenvalue weighted by Gasteiger charge is -2.10. The summed E-state index contributed by atoms with van der Waals surface area (Å²) in [6, 6.07) is 13.0. The summed E-state index contributed by atoms with van der Waals surface area (Å²) in [6.45, 7) is -0.517. The van der Waals surface area contributed by atoms with Crippen molar-refractivity contribution in [3.05, 3.63) is 71.1 Å². The molecule has 3 aromatic rings. The number of nitrogens with one attached hydrogen (secondary N) is 1. The second-order valence-electron chi connectivity index (χ2n) is 6.00. The van der Waals surface area contributed by atoms with Gasteiger partial charge in [0.25, 0.3) is 10.0 Å². The van der Waals surface area contributed by atoms with Gasteiger partial charge in [-0.05, 0) is 47.8 Å². The number of benzene rings is 2. The van der Waals surface area contributed by atoms with E-state index in [1.54, 1.807) is 35.7 Å². The summed E-state index contributed by atoms with van der Waals surface area (Å²) in [5.41, 5.74) is 0.217. The molecule has 0 saturated heterocycles. The summed E-state index contributed by atoms with van der Waals surface area (Å²) in [5, 5.41) is 11.7. The number of carbonyl (C=O) groups excluding carboxylic acids is 2. The Morgan fingerprint density at radius 1 is 1.10 bits per heavy atom. The Kier molecular flexibility index (Phi) is 6.38. The van der Waals surface area contributed by atoms with Crippen LogP contribution in [0.5, 0.6) is 11.5 Å². The molecule has 0 spiro atoms. The van der Waals surface area contributed by atoms with Gasteiger partial charge in [-0.3, -0.25) is 9.52 Å². The van der Waals surface area contributed by atoms with E-state index in [1.807, 2.05) is 0 Å². The molecule has 0 unspecified atom stereocenters. The van der Waals surface area contributed by atoms with Crippen molar-refractivity contribution in [1.29, 1.82) is 0 Å². The molecule has 2 aromatic carbocycles. The van der Waals surface area contributed by atoms with Crippen molar-refractivity contribution in [2.75, 3.05) is 18.4 Å². The molecule has 0 saturated carbocycles. The Morgan fingerprint density at radius 3 is 2.43 bits per heavy atom. The van der Waals surface area contributed by atoms with E-state index in [-0.39, 0.29) is 15.5 Å². The zero-order valence-electron chi connectivity index (χ0n) is 15.7. The van der Waals surface area contributed by atoms with Crippen molar-refractivity contribution in [3.8, 4) is 11.5 Å². The van der Waals surface area contributed by atoms with Crippen LogP contribution in [0.15, 0.2) is 64.2 Å². The Balaban J connectivity index is 1.64. The second-order valence-corrected chi connectivity index (χ2v) is 8.85. The number of anilines is 1. The van der Waals surface area contributed by atoms with E-state index in [0.717, 1.165) is 17.4 Å². The van der Waals surface area contributed by atoms with Crippen LogP contribution in [0.1, 0.15) is 20.7 Å².